The van der Waals surface area contributed by atoms with Gasteiger partial charge in [-0.25, -0.2) is 0 Å². The fourth-order valence-electron chi connectivity index (χ4n) is 6.59. The van der Waals surface area contributed by atoms with Crippen LogP contribution in [0.5, 0.6) is 11.5 Å². The highest BCUT2D eigenvalue weighted by atomic mass is 32.1. The van der Waals surface area contributed by atoms with E-state index in [1.165, 1.54) is 20.7 Å². The van der Waals surface area contributed by atoms with Gasteiger partial charge >= 0.3 is 0 Å². The Morgan fingerprint density at radius 3 is 0.692 bits per heavy atom. The van der Waals surface area contributed by atoms with Gasteiger partial charge in [0.1, 0.15) is 11.5 Å². The van der Waals surface area contributed by atoms with Crippen LogP contribution in [0.1, 0.15) is 0 Å². The van der Waals surface area contributed by atoms with Gasteiger partial charge in [-0.1, -0.05) is 196 Å². The van der Waals surface area contributed by atoms with Crippen LogP contribution < -0.4 is 20.7 Å². The summed E-state index contributed by atoms with van der Waals surface area (Å²) in [5.41, 5.74) is 5.50. The van der Waals surface area contributed by atoms with E-state index >= 15 is 0 Å². The number of hydrogen-bond acceptors (Lipinski definition) is 4. The molecule has 2 heterocycles. The van der Waals surface area contributed by atoms with Gasteiger partial charge in [-0.3, -0.25) is 0 Å². The fourth-order valence-corrected chi connectivity index (χ4v) is 13.7. The van der Waals surface area contributed by atoms with E-state index in [4.69, 9.17) is 0 Å². The minimum atomic E-state index is -1.52. The number of rotatable bonds is 9. The van der Waals surface area contributed by atoms with Crippen molar-refractivity contribution >= 4 is 75.7 Å². The summed E-state index contributed by atoms with van der Waals surface area (Å²) in [7, 11) is -6.04. The van der Waals surface area contributed by atoms with Gasteiger partial charge in [0.15, 0.2) is 0 Å². The van der Waals surface area contributed by atoms with Gasteiger partial charge < -0.3 is 10.2 Å². The van der Waals surface area contributed by atoms with E-state index in [9.17, 15) is 10.2 Å². The fraction of sp³-hybridized carbons (Fsp3) is 0.273. The molecule has 0 fully saturated rings. The number of benzene rings is 4. The van der Waals surface area contributed by atoms with Crippen molar-refractivity contribution in [1.29, 1.82) is 0 Å². The van der Waals surface area contributed by atoms with Crippen molar-refractivity contribution in [1.82, 2.24) is 0 Å². The zero-order valence-electron chi connectivity index (χ0n) is 32.9. The maximum Gasteiger partial charge on any atom is 0.142 e. The average Bonchev–Trinajstić information content (AvgIpc) is 3.59. The first-order chi connectivity index (χ1) is 24.1. The molecule has 52 heavy (non-hydrogen) atoms. The maximum atomic E-state index is 12.5. The molecule has 2 N–H and O–H groups in total. The van der Waals surface area contributed by atoms with Crippen LogP contribution in [0, 0.1) is 0 Å². The van der Waals surface area contributed by atoms with Crippen molar-refractivity contribution in [3.05, 3.63) is 97.1 Å². The highest BCUT2D eigenvalue weighted by Gasteiger charge is 2.31. The molecule has 0 amide bonds. The first kappa shape index (κ1) is 38.5. The lowest BCUT2D eigenvalue weighted by atomic mass is 9.96. The summed E-state index contributed by atoms with van der Waals surface area (Å²) in [4.78, 5) is 3.59. The summed E-state index contributed by atoms with van der Waals surface area (Å²) in [6, 6.07) is 35.5. The Bertz CT molecular complexity index is 2040. The Morgan fingerprint density at radius 2 is 0.500 bits per heavy atom. The number of aromatic hydroxyl groups is 2. The number of hydrogen-bond donors (Lipinski definition) is 2. The van der Waals surface area contributed by atoms with Gasteiger partial charge in [0.2, 0.25) is 0 Å². The number of thiophene rings is 2. The van der Waals surface area contributed by atoms with E-state index in [0.29, 0.717) is 11.1 Å². The second kappa shape index (κ2) is 13.9. The van der Waals surface area contributed by atoms with Crippen LogP contribution in [0.3, 0.4) is 0 Å². The molecular formula is C44H54O2S2Si4. The molecule has 4 aromatic carbocycles. The summed E-state index contributed by atoms with van der Waals surface area (Å²) in [6.45, 7) is 28.4. The van der Waals surface area contributed by atoms with Crippen LogP contribution in [-0.4, -0.2) is 42.5 Å². The molecule has 0 bridgehead atoms. The van der Waals surface area contributed by atoms with Gasteiger partial charge in [-0.2, -0.15) is 0 Å². The molecule has 2 nitrogen and oxygen atoms in total. The Kier molecular flexibility index (Phi) is 10.3. The third-order valence-corrected chi connectivity index (χ3v) is 20.9. The molecule has 8 heteroatoms. The van der Waals surface area contributed by atoms with Crippen molar-refractivity contribution in [2.45, 2.75) is 78.6 Å². The molecule has 270 valence electrons. The van der Waals surface area contributed by atoms with Crippen LogP contribution in [0.2, 0.25) is 78.6 Å². The van der Waals surface area contributed by atoms with E-state index in [2.05, 4.69) is 176 Å². The smallest absolute Gasteiger partial charge is 0.142 e. The predicted molar refractivity (Wildman–Crippen MR) is 245 cm³/mol. The highest BCUT2D eigenvalue weighted by molar-refractivity contribution is 7.21. The molecular weight excluding hydrogens is 737 g/mol. The van der Waals surface area contributed by atoms with Crippen molar-refractivity contribution in [2.24, 2.45) is 0 Å². The van der Waals surface area contributed by atoms with E-state index < -0.39 is 32.3 Å². The van der Waals surface area contributed by atoms with Crippen molar-refractivity contribution in [3.63, 3.8) is 0 Å². The zero-order valence-corrected chi connectivity index (χ0v) is 38.6. The molecule has 2 aromatic heterocycles. The van der Waals surface area contributed by atoms with Gasteiger partial charge in [-0.15, -0.1) is 22.7 Å². The molecule has 0 saturated carbocycles. The lowest BCUT2D eigenvalue weighted by Gasteiger charge is -2.17. The second-order valence-corrected chi connectivity index (χ2v) is 40.6. The Hall–Kier alpha value is -3.25. The summed E-state index contributed by atoms with van der Waals surface area (Å²) in [5.74, 6) is 0.451. The minimum Gasteiger partial charge on any atom is -0.506 e. The molecule has 0 atom stereocenters. The largest absolute Gasteiger partial charge is 0.506 e. The molecule has 6 aromatic rings. The van der Waals surface area contributed by atoms with Gasteiger partial charge in [0, 0.05) is 20.9 Å². The van der Waals surface area contributed by atoms with E-state index in [-0.39, 0.29) is 11.5 Å². The standard InChI is InChI=1S/C44H54O2S2Si4/c1-49(2,3)33-21-13-29(14-22-33)41-37(39(45)43(47-41)31-17-25-35(26-18-31)51(7,8)9)38-40(46)44(32-19-27-36(28-20-32)52(10,11)12)48-42(38)30-15-23-34(24-16-30)50(4,5)6/h13-28,45-46H,1-12H3. The normalized spacial score (nSPS) is 12.8. The third kappa shape index (κ3) is 7.70. The van der Waals surface area contributed by atoms with E-state index in [1.807, 2.05) is 0 Å². The van der Waals surface area contributed by atoms with E-state index in [1.54, 1.807) is 22.7 Å². The Balaban J connectivity index is 1.63. The van der Waals surface area contributed by atoms with Gasteiger partial charge in [0.05, 0.1) is 42.0 Å². The summed E-state index contributed by atoms with van der Waals surface area (Å²) < 4.78 is 0. The van der Waals surface area contributed by atoms with Gasteiger partial charge in [-0.05, 0) is 22.3 Å². The summed E-state index contributed by atoms with van der Waals surface area (Å²) >= 11 is 3.24. The SMILES string of the molecule is C[Si](C)(C)c1ccc(-c2sc(-c3ccc([Si](C)(C)C)cc3)c(-c3c(-c4ccc([Si](C)(C)C)cc4)sc(-c4ccc([Si](C)(C)C)cc4)c3O)c2O)cc1. The molecule has 6 rings (SSSR count). The molecule has 0 aliphatic rings. The topological polar surface area (TPSA) is 40.5 Å². The molecule has 0 aliphatic carbocycles. The minimum absolute atomic E-state index is 0.226. The highest BCUT2D eigenvalue weighted by Crippen LogP contribution is 2.59. The Morgan fingerprint density at radius 1 is 0.308 bits per heavy atom. The van der Waals surface area contributed by atoms with Crippen molar-refractivity contribution < 1.29 is 10.2 Å². The van der Waals surface area contributed by atoms with Crippen LogP contribution in [0.25, 0.3) is 52.9 Å². The monoisotopic (exact) mass is 790 g/mol. The van der Waals surface area contributed by atoms with Crippen LogP contribution in [0.15, 0.2) is 97.1 Å². The predicted octanol–water partition coefficient (Wildman–Crippen LogP) is 11.7. The van der Waals surface area contributed by atoms with Crippen molar-refractivity contribution in [2.75, 3.05) is 0 Å². The molecule has 0 saturated heterocycles. The zero-order chi connectivity index (χ0) is 38.0. The van der Waals surface area contributed by atoms with E-state index in [0.717, 1.165) is 41.8 Å². The first-order valence-electron chi connectivity index (χ1n) is 18.3. The van der Waals surface area contributed by atoms with Crippen LogP contribution in [0.4, 0.5) is 0 Å². The molecule has 0 radical (unpaired) electrons. The van der Waals surface area contributed by atoms with Crippen LogP contribution in [-0.2, 0) is 0 Å². The summed E-state index contributed by atoms with van der Waals surface area (Å²) in [6.07, 6.45) is 0. The average molecular weight is 791 g/mol. The Labute approximate surface area is 323 Å². The first-order valence-corrected chi connectivity index (χ1v) is 33.9. The van der Waals surface area contributed by atoms with Crippen molar-refractivity contribution in [3.8, 4) is 64.4 Å². The second-order valence-electron chi connectivity index (χ2n) is 18.3. The summed E-state index contributed by atoms with van der Waals surface area (Å²) in [5, 5.41) is 30.5. The lowest BCUT2D eigenvalue weighted by molar-refractivity contribution is 0.474. The third-order valence-electron chi connectivity index (χ3n) is 10.1. The molecule has 0 aliphatic heterocycles. The lowest BCUT2D eigenvalue weighted by Crippen LogP contribution is -2.37. The molecule has 0 spiro atoms. The quantitative estimate of drug-likeness (QED) is 0.143. The molecule has 0 unspecified atom stereocenters. The maximum absolute atomic E-state index is 12.5. The van der Waals surface area contributed by atoms with Gasteiger partial charge in [0.25, 0.3) is 0 Å². The van der Waals surface area contributed by atoms with Crippen LogP contribution >= 0.6 is 22.7 Å².